The second-order valence-electron chi connectivity index (χ2n) is 5.27. The number of aromatic nitrogens is 1. The Morgan fingerprint density at radius 1 is 1.45 bits per heavy atom. The maximum atomic E-state index is 10.5. The molecular formula is C15H21N3O2. The van der Waals surface area contributed by atoms with E-state index in [1.54, 1.807) is 12.3 Å². The summed E-state index contributed by atoms with van der Waals surface area (Å²) in [6.07, 6.45) is 6.68. The van der Waals surface area contributed by atoms with Gasteiger partial charge in [0, 0.05) is 25.4 Å². The van der Waals surface area contributed by atoms with Crippen molar-refractivity contribution in [3.63, 3.8) is 0 Å². The third kappa shape index (κ3) is 3.81. The zero-order valence-corrected chi connectivity index (χ0v) is 12.0. The van der Waals surface area contributed by atoms with E-state index in [2.05, 4.69) is 28.9 Å². The van der Waals surface area contributed by atoms with E-state index < -0.39 is 5.97 Å². The predicted octanol–water partition coefficient (Wildman–Crippen LogP) is 1.71. The van der Waals surface area contributed by atoms with E-state index in [4.69, 9.17) is 5.11 Å². The lowest BCUT2D eigenvalue weighted by Crippen LogP contribution is -2.42. The maximum Gasteiger partial charge on any atom is 0.328 e. The summed E-state index contributed by atoms with van der Waals surface area (Å²) < 4.78 is 0. The van der Waals surface area contributed by atoms with Gasteiger partial charge in [-0.1, -0.05) is 0 Å². The summed E-state index contributed by atoms with van der Waals surface area (Å²) in [6.45, 7) is 2.24. The molecule has 0 unspecified atom stereocenters. The van der Waals surface area contributed by atoms with Crippen LogP contribution in [0.4, 0.5) is 5.82 Å². The Kier molecular flexibility index (Phi) is 4.74. The van der Waals surface area contributed by atoms with Crippen molar-refractivity contribution in [2.45, 2.75) is 18.9 Å². The lowest BCUT2D eigenvalue weighted by molar-refractivity contribution is -0.131. The van der Waals surface area contributed by atoms with Crippen LogP contribution in [0.2, 0.25) is 0 Å². The number of aliphatic carboxylic acids is 1. The summed E-state index contributed by atoms with van der Waals surface area (Å²) in [4.78, 5) is 19.4. The number of hydrogen-bond donors (Lipinski definition) is 1. The Labute approximate surface area is 119 Å². The van der Waals surface area contributed by atoms with Crippen LogP contribution in [0.15, 0.2) is 24.4 Å². The number of anilines is 1. The molecule has 0 saturated carbocycles. The normalized spacial score (nSPS) is 17.5. The number of carboxylic acid groups (broad SMARTS) is 1. The van der Waals surface area contributed by atoms with E-state index in [1.807, 2.05) is 12.1 Å². The summed E-state index contributed by atoms with van der Waals surface area (Å²) in [6, 6.07) is 4.37. The number of carboxylic acids is 1. The lowest BCUT2D eigenvalue weighted by Gasteiger charge is -2.35. The number of carbonyl (C=O) groups is 1. The second-order valence-corrected chi connectivity index (χ2v) is 5.27. The van der Waals surface area contributed by atoms with Gasteiger partial charge in [-0.15, -0.1) is 0 Å². The Morgan fingerprint density at radius 3 is 2.70 bits per heavy atom. The molecule has 5 nitrogen and oxygen atoms in total. The van der Waals surface area contributed by atoms with Crippen LogP contribution in [-0.4, -0.2) is 54.2 Å². The first kappa shape index (κ1) is 14.5. The second kappa shape index (κ2) is 6.52. The van der Waals surface area contributed by atoms with E-state index in [0.717, 1.165) is 43.4 Å². The molecule has 1 saturated heterocycles. The summed E-state index contributed by atoms with van der Waals surface area (Å²) in [5.74, 6) is -0.00968. The van der Waals surface area contributed by atoms with Crippen LogP contribution in [-0.2, 0) is 4.79 Å². The average Bonchev–Trinajstić information content (AvgIpc) is 2.46. The first-order valence-electron chi connectivity index (χ1n) is 6.84. The van der Waals surface area contributed by atoms with Crippen molar-refractivity contribution < 1.29 is 9.90 Å². The molecule has 0 radical (unpaired) electrons. The monoisotopic (exact) mass is 275 g/mol. The van der Waals surface area contributed by atoms with Crippen molar-refractivity contribution in [2.75, 3.05) is 32.1 Å². The first-order chi connectivity index (χ1) is 9.56. The summed E-state index contributed by atoms with van der Waals surface area (Å²) in [5, 5.41) is 8.59. The number of piperidine rings is 1. The van der Waals surface area contributed by atoms with E-state index in [9.17, 15) is 4.79 Å². The predicted molar refractivity (Wildman–Crippen MR) is 79.8 cm³/mol. The van der Waals surface area contributed by atoms with Gasteiger partial charge >= 0.3 is 5.97 Å². The molecule has 1 aromatic rings. The van der Waals surface area contributed by atoms with Crippen molar-refractivity contribution in [1.82, 2.24) is 9.88 Å². The zero-order valence-electron chi connectivity index (χ0n) is 12.0. The fourth-order valence-corrected chi connectivity index (χ4v) is 2.44. The quantitative estimate of drug-likeness (QED) is 0.848. The van der Waals surface area contributed by atoms with Crippen LogP contribution >= 0.6 is 0 Å². The highest BCUT2D eigenvalue weighted by molar-refractivity contribution is 5.85. The van der Waals surface area contributed by atoms with Gasteiger partial charge in [-0.05, 0) is 56.8 Å². The van der Waals surface area contributed by atoms with Crippen LogP contribution in [0, 0.1) is 0 Å². The highest BCUT2D eigenvalue weighted by Gasteiger charge is 2.21. The van der Waals surface area contributed by atoms with Gasteiger partial charge < -0.3 is 14.9 Å². The van der Waals surface area contributed by atoms with Gasteiger partial charge in [-0.2, -0.15) is 0 Å². The number of hydrogen-bond acceptors (Lipinski definition) is 4. The van der Waals surface area contributed by atoms with Gasteiger partial charge in [0.25, 0.3) is 0 Å². The smallest absolute Gasteiger partial charge is 0.328 e. The molecule has 2 heterocycles. The Hall–Kier alpha value is -1.88. The maximum absolute atomic E-state index is 10.5. The molecule has 0 atom stereocenters. The van der Waals surface area contributed by atoms with Crippen molar-refractivity contribution >= 4 is 17.9 Å². The van der Waals surface area contributed by atoms with Crippen molar-refractivity contribution in [3.8, 4) is 0 Å². The number of likely N-dealkylation sites (tertiary alicyclic amines) is 1. The van der Waals surface area contributed by atoms with Gasteiger partial charge in [0.15, 0.2) is 0 Å². The first-order valence-corrected chi connectivity index (χ1v) is 6.84. The molecule has 0 aliphatic carbocycles. The molecule has 0 amide bonds. The standard InChI is InChI=1S/C15H21N3O2/c1-17-9-7-13(8-10-17)18(2)14-5-3-12(11-16-14)4-6-15(19)20/h3-6,11,13H,7-10H2,1-2H3,(H,19,20)/b6-4+. The van der Waals surface area contributed by atoms with Gasteiger partial charge in [0.1, 0.15) is 5.82 Å². The number of pyridine rings is 1. The molecule has 1 N–H and O–H groups in total. The molecule has 1 aliphatic heterocycles. The topological polar surface area (TPSA) is 56.7 Å². The van der Waals surface area contributed by atoms with Crippen LogP contribution in [0.25, 0.3) is 6.08 Å². The number of nitrogens with zero attached hydrogens (tertiary/aromatic N) is 3. The van der Waals surface area contributed by atoms with Gasteiger partial charge in [0.2, 0.25) is 0 Å². The fraction of sp³-hybridized carbons (Fsp3) is 0.467. The average molecular weight is 275 g/mol. The Morgan fingerprint density at radius 2 is 2.15 bits per heavy atom. The number of rotatable bonds is 4. The van der Waals surface area contributed by atoms with E-state index >= 15 is 0 Å². The molecule has 0 bridgehead atoms. The molecule has 0 spiro atoms. The Balaban J connectivity index is 2.00. The molecule has 2 rings (SSSR count). The summed E-state index contributed by atoms with van der Waals surface area (Å²) >= 11 is 0. The Bertz CT molecular complexity index is 476. The highest BCUT2D eigenvalue weighted by Crippen LogP contribution is 2.20. The van der Waals surface area contributed by atoms with E-state index in [0.29, 0.717) is 6.04 Å². The molecular weight excluding hydrogens is 254 g/mol. The molecule has 0 aromatic carbocycles. The summed E-state index contributed by atoms with van der Waals surface area (Å²) in [7, 11) is 4.23. The minimum Gasteiger partial charge on any atom is -0.478 e. The van der Waals surface area contributed by atoms with E-state index in [-0.39, 0.29) is 0 Å². The van der Waals surface area contributed by atoms with Crippen LogP contribution in [0.1, 0.15) is 18.4 Å². The van der Waals surface area contributed by atoms with Gasteiger partial charge in [0.05, 0.1) is 0 Å². The SMILES string of the molecule is CN1CCC(N(C)c2ccc(/C=C/C(=O)O)cn2)CC1. The van der Waals surface area contributed by atoms with Gasteiger partial charge in [-0.25, -0.2) is 9.78 Å². The largest absolute Gasteiger partial charge is 0.478 e. The molecule has 5 heteroatoms. The lowest BCUT2D eigenvalue weighted by atomic mass is 10.0. The van der Waals surface area contributed by atoms with Crippen molar-refractivity contribution in [1.29, 1.82) is 0 Å². The molecule has 1 aromatic heterocycles. The molecule has 1 aliphatic rings. The van der Waals surface area contributed by atoms with Gasteiger partial charge in [-0.3, -0.25) is 0 Å². The zero-order chi connectivity index (χ0) is 14.5. The van der Waals surface area contributed by atoms with Crippen LogP contribution in [0.3, 0.4) is 0 Å². The third-order valence-electron chi connectivity index (χ3n) is 3.79. The highest BCUT2D eigenvalue weighted by atomic mass is 16.4. The molecule has 1 fully saturated rings. The van der Waals surface area contributed by atoms with Crippen LogP contribution in [0.5, 0.6) is 0 Å². The minimum absolute atomic E-state index is 0.527. The third-order valence-corrected chi connectivity index (χ3v) is 3.79. The summed E-state index contributed by atoms with van der Waals surface area (Å²) in [5.41, 5.74) is 0.799. The fourth-order valence-electron chi connectivity index (χ4n) is 2.44. The molecule has 20 heavy (non-hydrogen) atoms. The van der Waals surface area contributed by atoms with E-state index in [1.165, 1.54) is 0 Å². The van der Waals surface area contributed by atoms with Crippen LogP contribution < -0.4 is 4.90 Å². The molecule has 108 valence electrons. The minimum atomic E-state index is -0.947. The van der Waals surface area contributed by atoms with Crippen molar-refractivity contribution in [3.05, 3.63) is 30.0 Å². The van der Waals surface area contributed by atoms with Crippen molar-refractivity contribution in [2.24, 2.45) is 0 Å².